The van der Waals surface area contributed by atoms with Crippen molar-refractivity contribution in [1.29, 1.82) is 0 Å². The van der Waals surface area contributed by atoms with Crippen molar-refractivity contribution in [3.63, 3.8) is 0 Å². The first-order valence-corrected chi connectivity index (χ1v) is 11.2. The maximum atomic E-state index is 13.0. The van der Waals surface area contributed by atoms with Gasteiger partial charge in [-0.3, -0.25) is 0 Å². The van der Waals surface area contributed by atoms with Gasteiger partial charge in [0, 0.05) is 0 Å². The van der Waals surface area contributed by atoms with Gasteiger partial charge in [0.25, 0.3) is 0 Å². The standard InChI is InChI=1S/C17H30FGeO3/c1-3-5-13-21-17(20,22-14-6-4-2)12-8-10-15-9-7-11-16(15)19-18/h7,11H,3-6,8-10,12-14,19H2,1-2H3. The molecule has 0 saturated carbocycles. The molecule has 0 N–H and O–H groups in total. The van der Waals surface area contributed by atoms with E-state index in [0.29, 0.717) is 26.1 Å². The molecule has 0 fully saturated rings. The second-order valence-electron chi connectivity index (χ2n) is 5.81. The average molecular weight is 374 g/mol. The Bertz CT molecular complexity index is 359. The summed E-state index contributed by atoms with van der Waals surface area (Å²) < 4.78 is 24.9. The fraction of sp³-hybridized carbons (Fsp3) is 0.765. The number of halogens is 1. The summed E-state index contributed by atoms with van der Waals surface area (Å²) in [6.07, 6.45) is 10.3. The maximum absolute atomic E-state index is 13.0. The molecule has 0 saturated heterocycles. The molecule has 0 amide bonds. The van der Waals surface area contributed by atoms with Crippen LogP contribution in [0.1, 0.15) is 65.2 Å². The molecule has 1 aliphatic carbocycles. The molecule has 22 heavy (non-hydrogen) atoms. The molecule has 0 aromatic carbocycles. The Kier molecular flexibility index (Phi) is 10.3. The Morgan fingerprint density at radius 2 is 1.82 bits per heavy atom. The summed E-state index contributed by atoms with van der Waals surface area (Å²) >= 11 is -2.01. The van der Waals surface area contributed by atoms with E-state index in [9.17, 15) is 8.61 Å². The predicted octanol–water partition coefficient (Wildman–Crippen LogP) is 4.14. The zero-order chi connectivity index (χ0) is 16.3. The van der Waals surface area contributed by atoms with E-state index in [-0.39, 0.29) is 0 Å². The van der Waals surface area contributed by atoms with Crippen molar-refractivity contribution in [3.8, 4) is 0 Å². The van der Waals surface area contributed by atoms with Crippen LogP contribution in [0.4, 0.5) is 3.50 Å². The molecule has 0 unspecified atom stereocenters. The molecular weight excluding hydrogens is 344 g/mol. The molecule has 0 aliphatic heterocycles. The van der Waals surface area contributed by atoms with Crippen molar-refractivity contribution < 1.29 is 18.1 Å². The van der Waals surface area contributed by atoms with Crippen LogP contribution in [0.2, 0.25) is 0 Å². The van der Waals surface area contributed by atoms with Gasteiger partial charge in [0.1, 0.15) is 0 Å². The molecule has 127 valence electrons. The molecule has 1 rings (SSSR count). The number of allylic oxidation sites excluding steroid dienone is 4. The van der Waals surface area contributed by atoms with Gasteiger partial charge in [0.2, 0.25) is 0 Å². The zero-order valence-corrected chi connectivity index (χ0v) is 17.0. The summed E-state index contributed by atoms with van der Waals surface area (Å²) in [5, 5.41) is 12.6. The van der Waals surface area contributed by atoms with Gasteiger partial charge in [-0.1, -0.05) is 0 Å². The fourth-order valence-electron chi connectivity index (χ4n) is 2.44. The summed E-state index contributed by atoms with van der Waals surface area (Å²) in [6.45, 7) is 5.02. The second-order valence-corrected chi connectivity index (χ2v) is 7.97. The van der Waals surface area contributed by atoms with Crippen molar-refractivity contribution in [2.75, 3.05) is 13.2 Å². The van der Waals surface area contributed by atoms with Crippen LogP contribution < -0.4 is 0 Å². The van der Waals surface area contributed by atoms with Gasteiger partial charge in [-0.25, -0.2) is 0 Å². The van der Waals surface area contributed by atoms with Gasteiger partial charge in [-0.15, -0.1) is 0 Å². The van der Waals surface area contributed by atoms with Crippen molar-refractivity contribution in [2.24, 2.45) is 0 Å². The van der Waals surface area contributed by atoms with Gasteiger partial charge >= 0.3 is 141 Å². The van der Waals surface area contributed by atoms with Crippen molar-refractivity contribution in [2.45, 2.75) is 71.2 Å². The Morgan fingerprint density at radius 3 is 2.36 bits per heavy atom. The zero-order valence-electron chi connectivity index (χ0n) is 14.0. The van der Waals surface area contributed by atoms with E-state index in [0.717, 1.165) is 42.9 Å². The summed E-state index contributed by atoms with van der Waals surface area (Å²) in [5.74, 6) is -1.73. The third kappa shape index (κ3) is 7.40. The summed E-state index contributed by atoms with van der Waals surface area (Å²) in [4.78, 5) is 0. The SMILES string of the molecule is CCCCOC([O])(CCCC1=[C]([GeH2][F])C=CC1)OCCCC. The van der Waals surface area contributed by atoms with Crippen LogP contribution in [-0.2, 0) is 14.6 Å². The van der Waals surface area contributed by atoms with E-state index in [2.05, 4.69) is 13.8 Å². The molecule has 0 aromatic rings. The Labute approximate surface area is 140 Å². The molecule has 1 radical (unpaired) electrons. The third-order valence-corrected chi connectivity index (χ3v) is 6.03. The molecule has 5 heteroatoms. The molecule has 0 bridgehead atoms. The second kappa shape index (κ2) is 11.4. The van der Waals surface area contributed by atoms with Crippen LogP contribution in [0.5, 0.6) is 0 Å². The van der Waals surface area contributed by atoms with Crippen molar-refractivity contribution >= 4 is 15.9 Å². The molecule has 3 nitrogen and oxygen atoms in total. The van der Waals surface area contributed by atoms with E-state index in [1.807, 2.05) is 12.2 Å². The van der Waals surface area contributed by atoms with Crippen LogP contribution in [0.15, 0.2) is 22.1 Å². The third-order valence-electron chi connectivity index (χ3n) is 3.88. The molecular formula is C17H30FGeO3. The first-order valence-electron chi connectivity index (χ1n) is 8.57. The molecule has 0 atom stereocenters. The summed E-state index contributed by atoms with van der Waals surface area (Å²) in [5.41, 5.74) is 1.19. The van der Waals surface area contributed by atoms with E-state index >= 15 is 0 Å². The first kappa shape index (κ1) is 19.9. The number of hydrogen-bond acceptors (Lipinski definition) is 2. The molecule has 0 heterocycles. The molecule has 0 spiro atoms. The normalized spacial score (nSPS) is 15.6. The molecule has 1 aliphatic rings. The van der Waals surface area contributed by atoms with Gasteiger partial charge in [0.05, 0.1) is 0 Å². The topological polar surface area (TPSA) is 38.4 Å². The number of ether oxygens (including phenoxy) is 2. The minimum absolute atomic E-state index is 0.330. The number of rotatable bonds is 13. The summed E-state index contributed by atoms with van der Waals surface area (Å²) in [6, 6.07) is 0. The Hall–Kier alpha value is -0.167. The van der Waals surface area contributed by atoms with Gasteiger partial charge in [-0.05, 0) is 0 Å². The van der Waals surface area contributed by atoms with Crippen molar-refractivity contribution in [1.82, 2.24) is 0 Å². The van der Waals surface area contributed by atoms with Gasteiger partial charge in [0.15, 0.2) is 0 Å². The number of hydrogen-bond donors (Lipinski definition) is 0. The fourth-order valence-corrected chi connectivity index (χ4v) is 4.05. The molecule has 0 aromatic heterocycles. The van der Waals surface area contributed by atoms with Crippen molar-refractivity contribution in [3.05, 3.63) is 22.1 Å². The minimum atomic E-state index is -2.01. The van der Waals surface area contributed by atoms with Gasteiger partial charge in [-0.2, -0.15) is 0 Å². The van der Waals surface area contributed by atoms with E-state index in [1.165, 1.54) is 5.57 Å². The van der Waals surface area contributed by atoms with Crippen LogP contribution in [-0.4, -0.2) is 35.1 Å². The van der Waals surface area contributed by atoms with Crippen LogP contribution >= 0.6 is 0 Å². The van der Waals surface area contributed by atoms with E-state index in [4.69, 9.17) is 9.47 Å². The number of unbranched alkanes of at least 4 members (excludes halogenated alkanes) is 2. The first-order chi connectivity index (χ1) is 10.6. The van der Waals surface area contributed by atoms with Crippen LogP contribution in [0, 0.1) is 0 Å². The van der Waals surface area contributed by atoms with Crippen LogP contribution in [0.3, 0.4) is 0 Å². The van der Waals surface area contributed by atoms with E-state index < -0.39 is 21.9 Å². The van der Waals surface area contributed by atoms with Crippen LogP contribution in [0.25, 0.3) is 0 Å². The predicted molar refractivity (Wildman–Crippen MR) is 89.4 cm³/mol. The monoisotopic (exact) mass is 375 g/mol. The average Bonchev–Trinajstić information content (AvgIpc) is 2.95. The van der Waals surface area contributed by atoms with Gasteiger partial charge < -0.3 is 0 Å². The quantitative estimate of drug-likeness (QED) is 0.276. The van der Waals surface area contributed by atoms with E-state index in [1.54, 1.807) is 0 Å². The summed E-state index contributed by atoms with van der Waals surface area (Å²) in [7, 11) is 0. The Morgan fingerprint density at radius 1 is 1.18 bits per heavy atom. The Balaban J connectivity index is 2.42.